The quantitative estimate of drug-likeness (QED) is 0.431. The molecule has 31 heavy (non-hydrogen) atoms. The minimum atomic E-state index is -0.730. The Hall–Kier alpha value is -3.75. The van der Waals surface area contributed by atoms with Gasteiger partial charge in [0.1, 0.15) is 6.54 Å². The molecule has 0 aliphatic carbocycles. The topological polar surface area (TPSA) is 119 Å². The fourth-order valence-corrected chi connectivity index (χ4v) is 3.59. The smallest absolute Gasteiger partial charge is 0.325 e. The van der Waals surface area contributed by atoms with Crippen molar-refractivity contribution < 1.29 is 24.0 Å². The van der Waals surface area contributed by atoms with Crippen molar-refractivity contribution in [1.82, 2.24) is 5.32 Å². The minimum absolute atomic E-state index is 0.0287. The van der Waals surface area contributed by atoms with Crippen LogP contribution in [0.3, 0.4) is 0 Å². The van der Waals surface area contributed by atoms with E-state index in [0.717, 1.165) is 11.1 Å². The van der Waals surface area contributed by atoms with E-state index < -0.39 is 29.3 Å². The molecule has 2 aromatic carbocycles. The van der Waals surface area contributed by atoms with Crippen molar-refractivity contribution in [3.05, 3.63) is 68.8 Å². The number of anilines is 1. The molecule has 2 aromatic rings. The van der Waals surface area contributed by atoms with Gasteiger partial charge in [0, 0.05) is 29.9 Å². The number of esters is 1. The second kappa shape index (κ2) is 9.38. The fourth-order valence-electron chi connectivity index (χ4n) is 3.59. The van der Waals surface area contributed by atoms with Crippen molar-refractivity contribution in [2.45, 2.75) is 26.7 Å². The van der Waals surface area contributed by atoms with Gasteiger partial charge in [-0.05, 0) is 50.5 Å². The molecular weight excluding hydrogens is 402 g/mol. The van der Waals surface area contributed by atoms with E-state index in [4.69, 9.17) is 4.74 Å². The molecule has 9 nitrogen and oxygen atoms in total. The van der Waals surface area contributed by atoms with Gasteiger partial charge < -0.3 is 15.0 Å². The molecule has 9 heteroatoms. The molecule has 0 atom stereocenters. The van der Waals surface area contributed by atoms with Gasteiger partial charge in [0.05, 0.1) is 4.92 Å². The number of nitrogens with one attached hydrogen (secondary N) is 1. The monoisotopic (exact) mass is 425 g/mol. The predicted molar refractivity (Wildman–Crippen MR) is 113 cm³/mol. The zero-order valence-electron chi connectivity index (χ0n) is 17.3. The van der Waals surface area contributed by atoms with Crippen LogP contribution in [0.4, 0.5) is 11.4 Å². The second-order valence-electron chi connectivity index (χ2n) is 7.44. The molecule has 0 saturated carbocycles. The number of ether oxygens (including phenoxy) is 1. The maximum Gasteiger partial charge on any atom is 0.325 e. The fraction of sp³-hybridized carbons (Fsp3) is 0.318. The predicted octanol–water partition coefficient (Wildman–Crippen LogP) is 2.46. The van der Waals surface area contributed by atoms with Gasteiger partial charge in [0.25, 0.3) is 17.5 Å². The Kier molecular flexibility index (Phi) is 6.64. The summed E-state index contributed by atoms with van der Waals surface area (Å²) < 4.78 is 5.01. The van der Waals surface area contributed by atoms with Gasteiger partial charge in [-0.15, -0.1) is 0 Å². The van der Waals surface area contributed by atoms with Gasteiger partial charge in [-0.3, -0.25) is 24.5 Å². The molecule has 0 radical (unpaired) electrons. The first-order chi connectivity index (χ1) is 14.7. The Bertz CT molecular complexity index is 1030. The van der Waals surface area contributed by atoms with Gasteiger partial charge in [0.2, 0.25) is 0 Å². The molecule has 1 heterocycles. The van der Waals surface area contributed by atoms with Crippen LogP contribution in [-0.2, 0) is 20.7 Å². The highest BCUT2D eigenvalue weighted by molar-refractivity contribution is 5.98. The van der Waals surface area contributed by atoms with E-state index in [-0.39, 0.29) is 12.2 Å². The molecule has 3 rings (SSSR count). The van der Waals surface area contributed by atoms with Crippen LogP contribution in [0.2, 0.25) is 0 Å². The van der Waals surface area contributed by atoms with Gasteiger partial charge in [-0.1, -0.05) is 17.2 Å². The Morgan fingerprint density at radius 2 is 1.84 bits per heavy atom. The molecule has 1 aliphatic heterocycles. The van der Waals surface area contributed by atoms with Crippen LogP contribution >= 0.6 is 0 Å². The number of nitro benzene ring substituents is 1. The SMILES string of the molecule is Cc1cc(C)cc(C(=O)NCC(=O)OCC(=O)N2CCCc3cc([N+](=O)[O-])ccc32)c1. The van der Waals surface area contributed by atoms with E-state index in [2.05, 4.69) is 5.32 Å². The van der Waals surface area contributed by atoms with Crippen molar-refractivity contribution in [3.63, 3.8) is 0 Å². The highest BCUT2D eigenvalue weighted by Gasteiger charge is 2.25. The molecule has 0 saturated heterocycles. The third-order valence-corrected chi connectivity index (χ3v) is 4.93. The zero-order chi connectivity index (χ0) is 22.5. The average molecular weight is 425 g/mol. The lowest BCUT2D eigenvalue weighted by atomic mass is 10.0. The molecular formula is C22H23N3O6. The van der Waals surface area contributed by atoms with Gasteiger partial charge in [-0.25, -0.2) is 0 Å². The molecule has 1 aliphatic rings. The van der Waals surface area contributed by atoms with Crippen LogP contribution in [0.5, 0.6) is 0 Å². The number of rotatable bonds is 6. The number of carbonyl (C=O) groups is 3. The summed E-state index contributed by atoms with van der Waals surface area (Å²) in [6.45, 7) is 3.35. The molecule has 162 valence electrons. The Labute approximate surface area is 179 Å². The third-order valence-electron chi connectivity index (χ3n) is 4.93. The molecule has 0 aromatic heterocycles. The number of nitrogens with zero attached hydrogens (tertiary/aromatic N) is 2. The number of amides is 2. The number of carbonyl (C=O) groups excluding carboxylic acids is 3. The number of hydrogen-bond donors (Lipinski definition) is 1. The number of hydrogen-bond acceptors (Lipinski definition) is 6. The zero-order valence-corrected chi connectivity index (χ0v) is 17.3. The number of nitro groups is 1. The molecule has 0 unspecified atom stereocenters. The minimum Gasteiger partial charge on any atom is -0.454 e. The van der Waals surface area contributed by atoms with Crippen LogP contribution in [0.1, 0.15) is 33.5 Å². The summed E-state index contributed by atoms with van der Waals surface area (Å²) in [6.07, 6.45) is 1.28. The lowest BCUT2D eigenvalue weighted by Crippen LogP contribution is -2.39. The van der Waals surface area contributed by atoms with Crippen LogP contribution < -0.4 is 10.2 Å². The summed E-state index contributed by atoms with van der Waals surface area (Å²) in [6, 6.07) is 9.72. The molecule has 0 fully saturated rings. The second-order valence-corrected chi connectivity index (χ2v) is 7.44. The third kappa shape index (κ3) is 5.44. The highest BCUT2D eigenvalue weighted by atomic mass is 16.6. The lowest BCUT2D eigenvalue weighted by Gasteiger charge is -2.29. The molecule has 0 spiro atoms. The van der Waals surface area contributed by atoms with Gasteiger partial charge >= 0.3 is 5.97 Å². The highest BCUT2D eigenvalue weighted by Crippen LogP contribution is 2.30. The number of non-ortho nitro benzene ring substituents is 1. The molecule has 0 bridgehead atoms. The number of benzene rings is 2. The Morgan fingerprint density at radius 3 is 2.52 bits per heavy atom. The molecule has 2 amide bonds. The van der Waals surface area contributed by atoms with E-state index in [1.807, 2.05) is 19.9 Å². The van der Waals surface area contributed by atoms with E-state index in [9.17, 15) is 24.5 Å². The summed E-state index contributed by atoms with van der Waals surface area (Å²) in [5.74, 6) is -1.56. The van der Waals surface area contributed by atoms with Crippen molar-refractivity contribution in [2.75, 3.05) is 24.6 Å². The van der Waals surface area contributed by atoms with Crippen LogP contribution in [0.15, 0.2) is 36.4 Å². The maximum atomic E-state index is 12.5. The standard InChI is InChI=1S/C22H23N3O6/c1-14-8-15(2)10-17(9-14)22(28)23-12-21(27)31-13-20(26)24-7-3-4-16-11-18(25(29)30)5-6-19(16)24/h5-6,8-11H,3-4,7,12-13H2,1-2H3,(H,23,28). The van der Waals surface area contributed by atoms with Crippen LogP contribution in [-0.4, -0.2) is 42.4 Å². The van der Waals surface area contributed by atoms with Crippen LogP contribution in [0.25, 0.3) is 0 Å². The van der Waals surface area contributed by atoms with Crippen molar-refractivity contribution in [1.29, 1.82) is 0 Å². The maximum absolute atomic E-state index is 12.5. The van der Waals surface area contributed by atoms with Crippen molar-refractivity contribution in [2.24, 2.45) is 0 Å². The summed E-state index contributed by atoms with van der Waals surface area (Å²) >= 11 is 0. The summed E-state index contributed by atoms with van der Waals surface area (Å²) in [4.78, 5) is 48.7. The van der Waals surface area contributed by atoms with E-state index >= 15 is 0 Å². The normalized spacial score (nSPS) is 12.6. The van der Waals surface area contributed by atoms with Gasteiger partial charge in [-0.2, -0.15) is 0 Å². The summed E-state index contributed by atoms with van der Waals surface area (Å²) in [5, 5.41) is 13.4. The van der Waals surface area contributed by atoms with Crippen molar-refractivity contribution >= 4 is 29.2 Å². The van der Waals surface area contributed by atoms with E-state index in [1.165, 1.54) is 23.1 Å². The van der Waals surface area contributed by atoms with Gasteiger partial charge in [0.15, 0.2) is 6.61 Å². The Morgan fingerprint density at radius 1 is 1.13 bits per heavy atom. The first-order valence-electron chi connectivity index (χ1n) is 9.84. The molecule has 1 N–H and O–H groups in total. The average Bonchev–Trinajstić information content (AvgIpc) is 2.74. The number of aryl methyl sites for hydroxylation is 3. The summed E-state index contributed by atoms with van der Waals surface area (Å²) in [7, 11) is 0. The first kappa shape index (κ1) is 21.9. The first-order valence-corrected chi connectivity index (χ1v) is 9.84. The van der Waals surface area contributed by atoms with Crippen molar-refractivity contribution in [3.8, 4) is 0 Å². The van der Waals surface area contributed by atoms with Crippen LogP contribution in [0, 0.1) is 24.0 Å². The lowest BCUT2D eigenvalue weighted by molar-refractivity contribution is -0.384. The summed E-state index contributed by atoms with van der Waals surface area (Å²) in [5.41, 5.74) is 3.58. The van der Waals surface area contributed by atoms with E-state index in [1.54, 1.807) is 12.1 Å². The Balaban J connectivity index is 1.53. The van der Waals surface area contributed by atoms with E-state index in [0.29, 0.717) is 36.2 Å². The number of fused-ring (bicyclic) bond motifs is 1. The largest absolute Gasteiger partial charge is 0.454 e.